The topological polar surface area (TPSA) is 87.0 Å². The highest BCUT2D eigenvalue weighted by Gasteiger charge is 2.18. The number of ether oxygens (including phenoxy) is 1. The molecular formula is C23H38O5. The first kappa shape index (κ1) is 26.3. The molecule has 0 aromatic rings. The van der Waals surface area contributed by atoms with Crippen molar-refractivity contribution in [1.82, 2.24) is 0 Å². The van der Waals surface area contributed by atoms with Crippen molar-refractivity contribution < 1.29 is 24.9 Å². The normalized spacial score (nSPS) is 14.7. The molecule has 0 aromatic heterocycles. The van der Waals surface area contributed by atoms with E-state index < -0.39 is 24.8 Å². The highest BCUT2D eigenvalue weighted by molar-refractivity contribution is 5.72. The summed E-state index contributed by atoms with van der Waals surface area (Å²) in [6, 6.07) is 0. The smallest absolute Gasteiger partial charge is 0.332 e. The van der Waals surface area contributed by atoms with Crippen molar-refractivity contribution in [3.05, 3.63) is 48.6 Å². The number of unbranched alkanes of at least 4 members (excludes halogenated alkanes) is 3. The number of aliphatic hydroxyl groups is 2. The maximum absolute atomic E-state index is 11.1. The summed E-state index contributed by atoms with van der Waals surface area (Å²) >= 11 is 0. The Kier molecular flexibility index (Phi) is 18.8. The van der Waals surface area contributed by atoms with Gasteiger partial charge in [0.15, 0.2) is 6.10 Å². The minimum Gasteiger partial charge on any atom is -0.479 e. The molecule has 3 N–H and O–H groups in total. The molecule has 0 saturated carbocycles. The lowest BCUT2D eigenvalue weighted by Gasteiger charge is -2.14. The summed E-state index contributed by atoms with van der Waals surface area (Å²) in [7, 11) is 0. The van der Waals surface area contributed by atoms with Crippen molar-refractivity contribution in [2.75, 3.05) is 13.2 Å². The van der Waals surface area contributed by atoms with Crippen molar-refractivity contribution in [1.29, 1.82) is 0 Å². The molecule has 5 nitrogen and oxygen atoms in total. The number of rotatable bonds is 18. The van der Waals surface area contributed by atoms with Gasteiger partial charge in [-0.05, 0) is 44.9 Å². The van der Waals surface area contributed by atoms with Gasteiger partial charge in [0.1, 0.15) is 6.10 Å². The van der Waals surface area contributed by atoms with E-state index in [9.17, 15) is 9.90 Å². The van der Waals surface area contributed by atoms with Crippen molar-refractivity contribution in [3.63, 3.8) is 0 Å². The summed E-state index contributed by atoms with van der Waals surface area (Å²) in [6.07, 6.45) is 23.6. The van der Waals surface area contributed by atoms with Crippen LogP contribution in [0, 0.1) is 0 Å². The van der Waals surface area contributed by atoms with E-state index in [1.165, 1.54) is 25.7 Å². The molecule has 28 heavy (non-hydrogen) atoms. The average Bonchev–Trinajstić information content (AvgIpc) is 2.69. The van der Waals surface area contributed by atoms with Gasteiger partial charge in [0.2, 0.25) is 0 Å². The predicted octanol–water partition coefficient (Wildman–Crippen LogP) is 4.57. The van der Waals surface area contributed by atoms with E-state index >= 15 is 0 Å². The van der Waals surface area contributed by atoms with Crippen molar-refractivity contribution in [2.24, 2.45) is 0 Å². The van der Waals surface area contributed by atoms with Crippen LogP contribution in [0.4, 0.5) is 0 Å². The Morgan fingerprint density at radius 1 is 0.893 bits per heavy atom. The van der Waals surface area contributed by atoms with E-state index in [-0.39, 0.29) is 6.61 Å². The summed E-state index contributed by atoms with van der Waals surface area (Å²) < 4.78 is 5.11. The number of carboxylic acids is 1. The van der Waals surface area contributed by atoms with Crippen LogP contribution in [0.1, 0.15) is 64.7 Å². The molecule has 0 radical (unpaired) electrons. The van der Waals surface area contributed by atoms with Crippen LogP contribution in [-0.2, 0) is 9.53 Å². The minimum atomic E-state index is -1.05. The zero-order chi connectivity index (χ0) is 20.9. The van der Waals surface area contributed by atoms with Crippen LogP contribution >= 0.6 is 0 Å². The molecule has 160 valence electrons. The van der Waals surface area contributed by atoms with Crippen LogP contribution in [0.3, 0.4) is 0 Å². The van der Waals surface area contributed by atoms with Crippen LogP contribution in [0.5, 0.6) is 0 Å². The third-order valence-electron chi connectivity index (χ3n) is 4.03. The predicted molar refractivity (Wildman–Crippen MR) is 114 cm³/mol. The number of hydrogen-bond acceptors (Lipinski definition) is 4. The van der Waals surface area contributed by atoms with Crippen LogP contribution in [0.2, 0.25) is 0 Å². The Morgan fingerprint density at radius 3 is 1.93 bits per heavy atom. The van der Waals surface area contributed by atoms with Gasteiger partial charge in [0.25, 0.3) is 0 Å². The first-order valence-electron chi connectivity index (χ1n) is 10.3. The van der Waals surface area contributed by atoms with Crippen molar-refractivity contribution >= 4 is 5.97 Å². The number of allylic oxidation sites excluding steroid dienone is 8. The van der Waals surface area contributed by atoms with Gasteiger partial charge < -0.3 is 20.1 Å². The molecule has 0 rings (SSSR count). The Labute approximate surface area is 170 Å². The molecule has 0 spiro atoms. The van der Waals surface area contributed by atoms with Gasteiger partial charge in [0.05, 0.1) is 13.2 Å². The molecule has 2 atom stereocenters. The zero-order valence-electron chi connectivity index (χ0n) is 17.2. The maximum atomic E-state index is 11.1. The fraction of sp³-hybridized carbons (Fsp3) is 0.609. The summed E-state index contributed by atoms with van der Waals surface area (Å²) in [5.41, 5.74) is 0. The van der Waals surface area contributed by atoms with E-state index in [4.69, 9.17) is 14.9 Å². The first-order valence-corrected chi connectivity index (χ1v) is 10.3. The Hall–Kier alpha value is -1.69. The monoisotopic (exact) mass is 394 g/mol. The van der Waals surface area contributed by atoms with Crippen molar-refractivity contribution in [2.45, 2.75) is 76.9 Å². The van der Waals surface area contributed by atoms with E-state index in [0.29, 0.717) is 12.8 Å². The summed E-state index contributed by atoms with van der Waals surface area (Å²) in [5.74, 6) is -1.05. The average molecular weight is 395 g/mol. The number of carboxylic acid groups (broad SMARTS) is 1. The van der Waals surface area contributed by atoms with Crippen LogP contribution in [-0.4, -0.2) is 46.7 Å². The Balaban J connectivity index is 3.76. The summed E-state index contributed by atoms with van der Waals surface area (Å²) in [6.45, 7) is 1.60. The molecule has 0 bridgehead atoms. The quantitative estimate of drug-likeness (QED) is 0.234. The maximum Gasteiger partial charge on any atom is 0.332 e. The highest BCUT2D eigenvalue weighted by atomic mass is 16.5. The lowest BCUT2D eigenvalue weighted by Crippen LogP contribution is -2.29. The molecule has 0 amide bonds. The summed E-state index contributed by atoms with van der Waals surface area (Å²) in [4.78, 5) is 11.1. The molecule has 5 heteroatoms. The third kappa shape index (κ3) is 17.7. The zero-order valence-corrected chi connectivity index (χ0v) is 17.2. The van der Waals surface area contributed by atoms with Gasteiger partial charge in [-0.3, -0.25) is 0 Å². The second kappa shape index (κ2) is 20.1. The number of carbonyl (C=O) groups is 1. The van der Waals surface area contributed by atoms with E-state index in [0.717, 1.165) is 19.3 Å². The van der Waals surface area contributed by atoms with Crippen LogP contribution < -0.4 is 0 Å². The SMILES string of the molecule is CCCCCC=CCC=CCC=CCC=CCCC(OCC(O)CO)C(=O)O. The van der Waals surface area contributed by atoms with Crippen LogP contribution in [0.25, 0.3) is 0 Å². The third-order valence-corrected chi connectivity index (χ3v) is 4.03. The first-order chi connectivity index (χ1) is 13.6. The fourth-order valence-electron chi connectivity index (χ4n) is 2.37. The second-order valence-corrected chi connectivity index (χ2v) is 6.66. The van der Waals surface area contributed by atoms with Gasteiger partial charge >= 0.3 is 5.97 Å². The van der Waals surface area contributed by atoms with Crippen molar-refractivity contribution in [3.8, 4) is 0 Å². The number of hydrogen-bond donors (Lipinski definition) is 3. The van der Waals surface area contributed by atoms with Gasteiger partial charge in [0, 0.05) is 0 Å². The summed E-state index contributed by atoms with van der Waals surface area (Å²) in [5, 5.41) is 27.0. The Bertz CT molecular complexity index is 479. The van der Waals surface area contributed by atoms with E-state index in [2.05, 4.69) is 43.4 Å². The lowest BCUT2D eigenvalue weighted by atomic mass is 10.1. The molecule has 0 aliphatic rings. The molecule has 2 unspecified atom stereocenters. The van der Waals surface area contributed by atoms with Gasteiger partial charge in [-0.2, -0.15) is 0 Å². The minimum absolute atomic E-state index is 0.178. The van der Waals surface area contributed by atoms with E-state index in [1.807, 2.05) is 12.2 Å². The number of aliphatic carboxylic acids is 1. The van der Waals surface area contributed by atoms with E-state index in [1.54, 1.807) is 0 Å². The lowest BCUT2D eigenvalue weighted by molar-refractivity contribution is -0.153. The standard InChI is InChI=1S/C23H38O5/c1-2-3-4-5-6-7-8-9-10-11-12-13-14-15-16-17-18-22(23(26)27)28-20-21(25)19-24/h6-7,9-10,12-13,15-16,21-22,24-25H,2-5,8,11,14,17-20H2,1H3,(H,26,27). The fourth-order valence-corrected chi connectivity index (χ4v) is 2.37. The van der Waals surface area contributed by atoms with Gasteiger partial charge in [-0.25, -0.2) is 4.79 Å². The molecule has 0 aliphatic carbocycles. The largest absolute Gasteiger partial charge is 0.479 e. The Morgan fingerprint density at radius 2 is 1.43 bits per heavy atom. The molecule has 0 aromatic carbocycles. The van der Waals surface area contributed by atoms with Crippen LogP contribution in [0.15, 0.2) is 48.6 Å². The molecule has 0 aliphatic heterocycles. The molecule has 0 fully saturated rings. The molecule has 0 saturated heterocycles. The number of aliphatic hydroxyl groups excluding tert-OH is 2. The molecule has 0 heterocycles. The highest BCUT2D eigenvalue weighted by Crippen LogP contribution is 2.06. The van der Waals surface area contributed by atoms with Gasteiger partial charge in [-0.15, -0.1) is 0 Å². The van der Waals surface area contributed by atoms with Gasteiger partial charge in [-0.1, -0.05) is 68.4 Å². The molecular weight excluding hydrogens is 356 g/mol. The second-order valence-electron chi connectivity index (χ2n) is 6.66.